The summed E-state index contributed by atoms with van der Waals surface area (Å²) in [4.78, 5) is 18.6. The molecule has 142 valence electrons. The Labute approximate surface area is 168 Å². The Hall–Kier alpha value is -2.72. The lowest BCUT2D eigenvalue weighted by atomic mass is 9.89. The van der Waals surface area contributed by atoms with Crippen molar-refractivity contribution in [1.29, 1.82) is 0 Å². The van der Waals surface area contributed by atoms with Crippen molar-refractivity contribution in [2.75, 3.05) is 13.1 Å². The number of carbonyl (C=O) groups is 1. The number of nitrogens with one attached hydrogen (secondary N) is 1. The summed E-state index contributed by atoms with van der Waals surface area (Å²) >= 11 is 6.58. The van der Waals surface area contributed by atoms with E-state index in [-0.39, 0.29) is 5.91 Å². The van der Waals surface area contributed by atoms with Crippen LogP contribution in [0, 0.1) is 0 Å². The molecule has 0 saturated carbocycles. The number of aromatic nitrogens is 2. The zero-order valence-electron chi connectivity index (χ0n) is 15.8. The van der Waals surface area contributed by atoms with Crippen molar-refractivity contribution >= 4 is 39.3 Å². The van der Waals surface area contributed by atoms with Crippen LogP contribution >= 0.6 is 11.6 Å². The number of amides is 1. The number of H-pyrrole nitrogens is 1. The maximum absolute atomic E-state index is 13.2. The van der Waals surface area contributed by atoms with Crippen molar-refractivity contribution in [2.45, 2.75) is 18.8 Å². The molecule has 1 aliphatic rings. The van der Waals surface area contributed by atoms with E-state index in [1.807, 2.05) is 40.8 Å². The van der Waals surface area contributed by atoms with Gasteiger partial charge in [0.25, 0.3) is 5.91 Å². The van der Waals surface area contributed by atoms with Crippen molar-refractivity contribution in [3.05, 3.63) is 71.0 Å². The Bertz CT molecular complexity index is 1140. The van der Waals surface area contributed by atoms with Crippen LogP contribution in [0.4, 0.5) is 0 Å². The number of hydrogen-bond acceptors (Lipinski definition) is 1. The molecule has 1 N–H and O–H groups in total. The van der Waals surface area contributed by atoms with E-state index < -0.39 is 0 Å². The zero-order chi connectivity index (χ0) is 19.3. The number of rotatable bonds is 2. The first-order valence-electron chi connectivity index (χ1n) is 9.73. The molecular weight excluding hydrogens is 370 g/mol. The summed E-state index contributed by atoms with van der Waals surface area (Å²) < 4.78 is 1.92. The van der Waals surface area contributed by atoms with Gasteiger partial charge in [-0.2, -0.15) is 0 Å². The molecule has 0 spiro atoms. The van der Waals surface area contributed by atoms with Crippen molar-refractivity contribution < 1.29 is 4.79 Å². The Morgan fingerprint density at radius 1 is 1.04 bits per heavy atom. The Kier molecular flexibility index (Phi) is 4.17. The van der Waals surface area contributed by atoms with Crippen LogP contribution in [0.15, 0.2) is 54.7 Å². The number of piperidine rings is 1. The standard InChI is InChI=1S/C23H22ClN3O/c1-26-20-9-5-3-7-17(20)21(24)22(26)23(28)27-12-10-15(11-13-27)18-14-25-19-8-4-2-6-16(18)19/h2-9,14-15,25H,10-13H2,1H3. The number of aromatic amines is 1. The SMILES string of the molecule is Cn1c(C(=O)N2CCC(c3c[nH]c4ccccc34)CC2)c(Cl)c2ccccc21. The molecule has 28 heavy (non-hydrogen) atoms. The Morgan fingerprint density at radius 3 is 2.46 bits per heavy atom. The molecule has 1 aliphatic heterocycles. The number of carbonyl (C=O) groups excluding carboxylic acids is 1. The van der Waals surface area contributed by atoms with E-state index in [0.29, 0.717) is 16.6 Å². The highest BCUT2D eigenvalue weighted by Crippen LogP contribution is 2.35. The van der Waals surface area contributed by atoms with Crippen LogP contribution in [-0.4, -0.2) is 33.4 Å². The fourth-order valence-corrected chi connectivity index (χ4v) is 4.93. The van der Waals surface area contributed by atoms with E-state index >= 15 is 0 Å². The van der Waals surface area contributed by atoms with E-state index in [2.05, 4.69) is 35.4 Å². The second-order valence-corrected chi connectivity index (χ2v) is 7.97. The smallest absolute Gasteiger partial charge is 0.272 e. The van der Waals surface area contributed by atoms with Crippen LogP contribution in [0.2, 0.25) is 5.02 Å². The summed E-state index contributed by atoms with van der Waals surface area (Å²) in [5.41, 5.74) is 4.13. The molecule has 0 bridgehead atoms. The van der Waals surface area contributed by atoms with E-state index in [1.54, 1.807) is 0 Å². The lowest BCUT2D eigenvalue weighted by Crippen LogP contribution is -2.38. The number of likely N-dealkylation sites (tertiary alicyclic amines) is 1. The predicted molar refractivity (Wildman–Crippen MR) is 114 cm³/mol. The lowest BCUT2D eigenvalue weighted by molar-refractivity contribution is 0.0704. The number of nitrogens with zero attached hydrogens (tertiary/aromatic N) is 2. The summed E-state index contributed by atoms with van der Waals surface area (Å²) in [6.45, 7) is 1.50. The zero-order valence-corrected chi connectivity index (χ0v) is 16.5. The quantitative estimate of drug-likeness (QED) is 0.492. The Balaban J connectivity index is 1.38. The van der Waals surface area contributed by atoms with Gasteiger partial charge < -0.3 is 14.5 Å². The van der Waals surface area contributed by atoms with Crippen molar-refractivity contribution in [2.24, 2.45) is 7.05 Å². The molecule has 4 aromatic rings. The molecule has 0 atom stereocenters. The molecule has 1 amide bonds. The molecule has 2 aromatic carbocycles. The number of hydrogen-bond donors (Lipinski definition) is 1. The number of benzene rings is 2. The van der Waals surface area contributed by atoms with Crippen LogP contribution in [0.1, 0.15) is 34.8 Å². The number of aryl methyl sites for hydroxylation is 1. The van der Waals surface area contributed by atoms with Crippen LogP contribution in [0.5, 0.6) is 0 Å². The molecule has 4 nitrogen and oxygen atoms in total. The number of halogens is 1. The third kappa shape index (κ3) is 2.63. The molecule has 3 heterocycles. The second-order valence-electron chi connectivity index (χ2n) is 7.59. The van der Waals surface area contributed by atoms with E-state index in [0.717, 1.165) is 36.8 Å². The number of para-hydroxylation sites is 2. The van der Waals surface area contributed by atoms with Crippen LogP contribution in [0.25, 0.3) is 21.8 Å². The molecule has 5 heteroatoms. The molecule has 0 unspecified atom stereocenters. The van der Waals surface area contributed by atoms with Gasteiger partial charge in [-0.05, 0) is 36.5 Å². The van der Waals surface area contributed by atoms with Gasteiger partial charge in [0.05, 0.1) is 5.02 Å². The summed E-state index contributed by atoms with van der Waals surface area (Å²) in [5.74, 6) is 0.504. The highest BCUT2D eigenvalue weighted by molar-refractivity contribution is 6.38. The van der Waals surface area contributed by atoms with Crippen molar-refractivity contribution in [3.8, 4) is 0 Å². The first kappa shape index (κ1) is 17.4. The average molecular weight is 392 g/mol. The predicted octanol–water partition coefficient (Wildman–Crippen LogP) is 5.33. The van der Waals surface area contributed by atoms with E-state index in [1.165, 1.54) is 16.5 Å². The maximum atomic E-state index is 13.2. The topological polar surface area (TPSA) is 41.0 Å². The van der Waals surface area contributed by atoms with Gasteiger partial charge in [-0.15, -0.1) is 0 Å². The van der Waals surface area contributed by atoms with Gasteiger partial charge in [-0.3, -0.25) is 4.79 Å². The molecule has 1 fully saturated rings. The van der Waals surface area contributed by atoms with Crippen LogP contribution < -0.4 is 0 Å². The molecule has 1 saturated heterocycles. The van der Waals surface area contributed by atoms with Gasteiger partial charge in [-0.1, -0.05) is 48.0 Å². The summed E-state index contributed by atoms with van der Waals surface area (Å²) in [6, 6.07) is 16.3. The molecule has 0 radical (unpaired) electrons. The Morgan fingerprint density at radius 2 is 1.71 bits per heavy atom. The summed E-state index contributed by atoms with van der Waals surface area (Å²) in [7, 11) is 1.92. The molecule has 5 rings (SSSR count). The van der Waals surface area contributed by atoms with Gasteiger partial charge in [0.1, 0.15) is 5.69 Å². The van der Waals surface area contributed by atoms with Crippen LogP contribution in [0.3, 0.4) is 0 Å². The fourth-order valence-electron chi connectivity index (χ4n) is 4.56. The monoisotopic (exact) mass is 391 g/mol. The highest BCUT2D eigenvalue weighted by atomic mass is 35.5. The minimum absolute atomic E-state index is 0.0288. The molecule has 2 aromatic heterocycles. The lowest BCUT2D eigenvalue weighted by Gasteiger charge is -2.32. The largest absolute Gasteiger partial charge is 0.361 e. The van der Waals surface area contributed by atoms with Gasteiger partial charge in [0.15, 0.2) is 0 Å². The first-order chi connectivity index (χ1) is 13.6. The second kappa shape index (κ2) is 6.71. The molecular formula is C23H22ClN3O. The summed E-state index contributed by atoms with van der Waals surface area (Å²) in [6.07, 6.45) is 4.07. The minimum atomic E-state index is 0.0288. The first-order valence-corrected chi connectivity index (χ1v) is 10.1. The fraction of sp³-hybridized carbons (Fsp3) is 0.261. The van der Waals surface area contributed by atoms with Gasteiger partial charge >= 0.3 is 0 Å². The van der Waals surface area contributed by atoms with Gasteiger partial charge in [0.2, 0.25) is 0 Å². The van der Waals surface area contributed by atoms with Crippen molar-refractivity contribution in [1.82, 2.24) is 14.5 Å². The van der Waals surface area contributed by atoms with Gasteiger partial charge in [0, 0.05) is 48.1 Å². The minimum Gasteiger partial charge on any atom is -0.361 e. The van der Waals surface area contributed by atoms with Crippen molar-refractivity contribution in [3.63, 3.8) is 0 Å². The van der Waals surface area contributed by atoms with E-state index in [9.17, 15) is 4.79 Å². The summed E-state index contributed by atoms with van der Waals surface area (Å²) in [5, 5.41) is 2.79. The maximum Gasteiger partial charge on any atom is 0.272 e. The molecule has 0 aliphatic carbocycles. The number of fused-ring (bicyclic) bond motifs is 2. The third-order valence-corrected chi connectivity index (χ3v) is 6.47. The van der Waals surface area contributed by atoms with Gasteiger partial charge in [-0.25, -0.2) is 0 Å². The average Bonchev–Trinajstić information content (AvgIpc) is 3.28. The van der Waals surface area contributed by atoms with Crippen LogP contribution in [-0.2, 0) is 7.05 Å². The highest BCUT2D eigenvalue weighted by Gasteiger charge is 2.29. The third-order valence-electron chi connectivity index (χ3n) is 6.09. The van der Waals surface area contributed by atoms with E-state index in [4.69, 9.17) is 11.6 Å². The normalized spacial score (nSPS) is 15.6.